The van der Waals surface area contributed by atoms with E-state index >= 15 is 0 Å². The van der Waals surface area contributed by atoms with Crippen molar-refractivity contribution in [1.82, 2.24) is 4.90 Å². The Labute approximate surface area is 113 Å². The van der Waals surface area contributed by atoms with Crippen LogP contribution in [0, 0.1) is 11.7 Å². The van der Waals surface area contributed by atoms with Crippen LogP contribution in [0.25, 0.3) is 0 Å². The maximum Gasteiger partial charge on any atom is 0.338 e. The van der Waals surface area contributed by atoms with Gasteiger partial charge in [-0.1, -0.05) is 19.4 Å². The molecular weight excluding hydrogens is 245 g/mol. The third-order valence-corrected chi connectivity index (χ3v) is 3.74. The summed E-state index contributed by atoms with van der Waals surface area (Å²) < 4.78 is 13.6. The molecule has 1 aliphatic rings. The van der Waals surface area contributed by atoms with Gasteiger partial charge in [0.2, 0.25) is 0 Å². The highest BCUT2D eigenvalue weighted by Crippen LogP contribution is 2.23. The van der Waals surface area contributed by atoms with Crippen LogP contribution in [0.4, 0.5) is 4.39 Å². The number of rotatable bonds is 5. The van der Waals surface area contributed by atoms with E-state index in [9.17, 15) is 9.18 Å². The average molecular weight is 265 g/mol. The van der Waals surface area contributed by atoms with Crippen LogP contribution in [-0.2, 0) is 6.54 Å². The summed E-state index contributed by atoms with van der Waals surface area (Å²) in [4.78, 5) is 13.1. The summed E-state index contributed by atoms with van der Waals surface area (Å²) in [7, 11) is 0. The fourth-order valence-corrected chi connectivity index (χ4v) is 2.79. The van der Waals surface area contributed by atoms with E-state index in [0.29, 0.717) is 6.54 Å². The van der Waals surface area contributed by atoms with Crippen molar-refractivity contribution >= 4 is 5.97 Å². The van der Waals surface area contributed by atoms with Crippen molar-refractivity contribution in [2.45, 2.75) is 32.7 Å². The molecule has 0 aliphatic carbocycles. The molecule has 1 N–H and O–H groups in total. The van der Waals surface area contributed by atoms with Gasteiger partial charge in [-0.15, -0.1) is 0 Å². The lowest BCUT2D eigenvalue weighted by molar-refractivity contribution is 0.0692. The second-order valence-corrected chi connectivity index (χ2v) is 5.30. The number of carboxylic acids is 1. The summed E-state index contributed by atoms with van der Waals surface area (Å²) in [5.74, 6) is -1.10. The summed E-state index contributed by atoms with van der Waals surface area (Å²) in [6.45, 7) is 5.02. The van der Waals surface area contributed by atoms with Crippen molar-refractivity contribution in [2.24, 2.45) is 5.92 Å². The van der Waals surface area contributed by atoms with E-state index in [2.05, 4.69) is 11.8 Å². The molecule has 19 heavy (non-hydrogen) atoms. The van der Waals surface area contributed by atoms with E-state index in [1.54, 1.807) is 6.07 Å². The molecule has 0 aromatic heterocycles. The normalized spacial score (nSPS) is 19.8. The highest BCUT2D eigenvalue weighted by atomic mass is 19.1. The van der Waals surface area contributed by atoms with Gasteiger partial charge in [-0.2, -0.15) is 0 Å². The van der Waals surface area contributed by atoms with Crippen LogP contribution in [-0.4, -0.2) is 29.1 Å². The third kappa shape index (κ3) is 3.53. The van der Waals surface area contributed by atoms with Gasteiger partial charge in [0.1, 0.15) is 5.82 Å². The molecule has 1 unspecified atom stereocenters. The first-order valence-electron chi connectivity index (χ1n) is 6.84. The molecule has 1 aromatic rings. The number of likely N-dealkylation sites (tertiary alicyclic amines) is 1. The number of halogens is 1. The molecule has 3 nitrogen and oxygen atoms in total. The zero-order valence-corrected chi connectivity index (χ0v) is 11.2. The molecule has 0 radical (unpaired) electrons. The minimum atomic E-state index is -1.21. The molecule has 1 aliphatic heterocycles. The van der Waals surface area contributed by atoms with Crippen molar-refractivity contribution in [1.29, 1.82) is 0 Å². The van der Waals surface area contributed by atoms with Gasteiger partial charge in [0, 0.05) is 13.1 Å². The van der Waals surface area contributed by atoms with E-state index in [-0.39, 0.29) is 5.56 Å². The van der Waals surface area contributed by atoms with Gasteiger partial charge in [-0.25, -0.2) is 9.18 Å². The third-order valence-electron chi connectivity index (χ3n) is 3.74. The number of hydrogen-bond acceptors (Lipinski definition) is 2. The minimum Gasteiger partial charge on any atom is -0.478 e. The van der Waals surface area contributed by atoms with E-state index in [4.69, 9.17) is 5.11 Å². The molecule has 1 aromatic carbocycles. The first kappa shape index (κ1) is 14.0. The van der Waals surface area contributed by atoms with Crippen LogP contribution in [0.5, 0.6) is 0 Å². The van der Waals surface area contributed by atoms with Gasteiger partial charge in [0.05, 0.1) is 5.56 Å². The van der Waals surface area contributed by atoms with E-state index in [1.165, 1.54) is 31.4 Å². The molecule has 0 amide bonds. The Kier molecular flexibility index (Phi) is 4.53. The SMILES string of the molecule is CCCC1CCN(Cc2ccc(C(=O)O)c(F)c2)C1. The summed E-state index contributed by atoms with van der Waals surface area (Å²) in [5, 5.41) is 8.78. The highest BCUT2D eigenvalue weighted by molar-refractivity contribution is 5.87. The second kappa shape index (κ2) is 6.15. The van der Waals surface area contributed by atoms with Crippen LogP contribution in [0.3, 0.4) is 0 Å². The van der Waals surface area contributed by atoms with Crippen molar-refractivity contribution in [3.05, 3.63) is 35.1 Å². The molecule has 0 saturated carbocycles. The Morgan fingerprint density at radius 3 is 2.95 bits per heavy atom. The van der Waals surface area contributed by atoms with E-state index in [1.807, 2.05) is 0 Å². The maximum atomic E-state index is 13.6. The monoisotopic (exact) mass is 265 g/mol. The van der Waals surface area contributed by atoms with Crippen molar-refractivity contribution in [3.8, 4) is 0 Å². The predicted octanol–water partition coefficient (Wildman–Crippen LogP) is 3.15. The largest absolute Gasteiger partial charge is 0.478 e. The number of nitrogens with zero attached hydrogens (tertiary/aromatic N) is 1. The zero-order chi connectivity index (χ0) is 13.8. The van der Waals surface area contributed by atoms with Crippen LogP contribution >= 0.6 is 0 Å². The van der Waals surface area contributed by atoms with Gasteiger partial charge in [0.15, 0.2) is 0 Å². The average Bonchev–Trinajstić information content (AvgIpc) is 2.76. The fraction of sp³-hybridized carbons (Fsp3) is 0.533. The number of benzene rings is 1. The van der Waals surface area contributed by atoms with Gasteiger partial charge >= 0.3 is 5.97 Å². The number of hydrogen-bond donors (Lipinski definition) is 1. The van der Waals surface area contributed by atoms with Crippen LogP contribution in [0.2, 0.25) is 0 Å². The Hall–Kier alpha value is -1.42. The second-order valence-electron chi connectivity index (χ2n) is 5.30. The number of carboxylic acid groups (broad SMARTS) is 1. The molecule has 1 atom stereocenters. The van der Waals surface area contributed by atoms with Crippen molar-refractivity contribution in [3.63, 3.8) is 0 Å². The topological polar surface area (TPSA) is 40.5 Å². The molecule has 0 spiro atoms. The quantitative estimate of drug-likeness (QED) is 0.889. The van der Waals surface area contributed by atoms with E-state index in [0.717, 1.165) is 24.6 Å². The summed E-state index contributed by atoms with van der Waals surface area (Å²) in [6.07, 6.45) is 3.67. The van der Waals surface area contributed by atoms with Crippen LogP contribution in [0.1, 0.15) is 42.1 Å². The first-order chi connectivity index (χ1) is 9.10. The highest BCUT2D eigenvalue weighted by Gasteiger charge is 2.22. The van der Waals surface area contributed by atoms with Crippen LogP contribution < -0.4 is 0 Å². The van der Waals surface area contributed by atoms with Gasteiger partial charge < -0.3 is 5.11 Å². The summed E-state index contributed by atoms with van der Waals surface area (Å²) >= 11 is 0. The zero-order valence-electron chi connectivity index (χ0n) is 11.2. The molecule has 0 bridgehead atoms. The van der Waals surface area contributed by atoms with E-state index < -0.39 is 11.8 Å². The standard InChI is InChI=1S/C15H20FNO2/c1-2-3-11-6-7-17(9-11)10-12-4-5-13(15(18)19)14(16)8-12/h4-5,8,11H,2-3,6-7,9-10H2,1H3,(H,18,19). The van der Waals surface area contributed by atoms with Gasteiger partial charge in [-0.3, -0.25) is 4.90 Å². The molecule has 1 heterocycles. The lowest BCUT2D eigenvalue weighted by Gasteiger charge is -2.16. The lowest BCUT2D eigenvalue weighted by Crippen LogP contribution is -2.20. The minimum absolute atomic E-state index is 0.256. The Balaban J connectivity index is 1.97. The number of aromatic carboxylic acids is 1. The van der Waals surface area contributed by atoms with Gasteiger partial charge in [0.25, 0.3) is 0 Å². The Bertz CT molecular complexity index is 461. The molecular formula is C15H20FNO2. The van der Waals surface area contributed by atoms with Crippen LogP contribution in [0.15, 0.2) is 18.2 Å². The molecule has 2 rings (SSSR count). The predicted molar refractivity (Wildman–Crippen MR) is 71.7 cm³/mol. The maximum absolute atomic E-state index is 13.6. The molecule has 1 saturated heterocycles. The first-order valence-corrected chi connectivity index (χ1v) is 6.84. The Morgan fingerprint density at radius 1 is 1.53 bits per heavy atom. The fourth-order valence-electron chi connectivity index (χ4n) is 2.79. The smallest absolute Gasteiger partial charge is 0.338 e. The summed E-state index contributed by atoms with van der Waals surface area (Å²) in [5.41, 5.74) is 0.591. The van der Waals surface area contributed by atoms with Crippen molar-refractivity contribution in [2.75, 3.05) is 13.1 Å². The lowest BCUT2D eigenvalue weighted by atomic mass is 10.0. The molecule has 4 heteroatoms. The molecule has 1 fully saturated rings. The van der Waals surface area contributed by atoms with Crippen molar-refractivity contribution < 1.29 is 14.3 Å². The van der Waals surface area contributed by atoms with Gasteiger partial charge in [-0.05, 0) is 43.0 Å². The molecule has 104 valence electrons. The summed E-state index contributed by atoms with van der Waals surface area (Å²) in [6, 6.07) is 4.41. The number of carbonyl (C=O) groups is 1. The Morgan fingerprint density at radius 2 is 2.32 bits per heavy atom.